The molecule has 2 rings (SSSR count). The largest absolute Gasteiger partial charge is 0.383 e. The zero-order valence-electron chi connectivity index (χ0n) is 8.77. The third-order valence-electron chi connectivity index (χ3n) is 2.42. The Hall–Kier alpha value is -2.01. The molecule has 88 valence electrons. The Balaban J connectivity index is 2.47. The first-order valence-electron chi connectivity index (χ1n) is 4.93. The molecular weight excluding hydrogens is 226 g/mol. The minimum Gasteiger partial charge on any atom is -0.383 e. The van der Waals surface area contributed by atoms with E-state index in [0.29, 0.717) is 0 Å². The van der Waals surface area contributed by atoms with Crippen molar-refractivity contribution < 1.29 is 13.9 Å². The average molecular weight is 236 g/mol. The molecule has 3 N–H and O–H groups in total. The number of nitrogen functional groups attached to an aromatic ring is 1. The maximum atomic E-state index is 13.4. The summed E-state index contributed by atoms with van der Waals surface area (Å²) in [6.07, 6.45) is 0.118. The number of aromatic nitrogens is 1. The Morgan fingerprint density at radius 1 is 1.18 bits per heavy atom. The van der Waals surface area contributed by atoms with E-state index in [2.05, 4.69) is 4.98 Å². The second-order valence-corrected chi connectivity index (χ2v) is 3.55. The molecule has 1 aromatic heterocycles. The first kappa shape index (κ1) is 11.5. The van der Waals surface area contributed by atoms with Crippen molar-refractivity contribution in [3.05, 3.63) is 59.3 Å². The van der Waals surface area contributed by atoms with Gasteiger partial charge >= 0.3 is 0 Å². The SMILES string of the molecule is Nc1ncccc1C(O)c1cc(F)ccc1F. The van der Waals surface area contributed by atoms with Crippen molar-refractivity contribution in [3.8, 4) is 0 Å². The van der Waals surface area contributed by atoms with Crippen LogP contribution in [0.25, 0.3) is 0 Å². The maximum absolute atomic E-state index is 13.4. The standard InChI is InChI=1S/C12H10F2N2O/c13-7-3-4-10(14)9(6-7)11(17)8-2-1-5-16-12(8)15/h1-6,11,17H,(H2,15,16). The lowest BCUT2D eigenvalue weighted by Gasteiger charge is -2.13. The van der Waals surface area contributed by atoms with E-state index in [1.165, 1.54) is 12.3 Å². The monoisotopic (exact) mass is 236 g/mol. The summed E-state index contributed by atoms with van der Waals surface area (Å²) in [5.74, 6) is -1.23. The topological polar surface area (TPSA) is 59.1 Å². The van der Waals surface area contributed by atoms with Crippen molar-refractivity contribution in [1.29, 1.82) is 0 Å². The molecular formula is C12H10F2N2O. The van der Waals surface area contributed by atoms with Crippen molar-refractivity contribution in [2.75, 3.05) is 5.73 Å². The number of aliphatic hydroxyl groups is 1. The number of nitrogens with two attached hydrogens (primary N) is 1. The molecule has 0 radical (unpaired) electrons. The minimum atomic E-state index is -1.33. The van der Waals surface area contributed by atoms with Crippen LogP contribution < -0.4 is 5.73 Å². The quantitative estimate of drug-likeness (QED) is 0.838. The van der Waals surface area contributed by atoms with Crippen LogP contribution in [0.2, 0.25) is 0 Å². The summed E-state index contributed by atoms with van der Waals surface area (Å²) in [5, 5.41) is 9.95. The number of benzene rings is 1. The number of hydrogen-bond acceptors (Lipinski definition) is 3. The lowest BCUT2D eigenvalue weighted by Crippen LogP contribution is -2.07. The van der Waals surface area contributed by atoms with E-state index in [-0.39, 0.29) is 16.9 Å². The third-order valence-corrected chi connectivity index (χ3v) is 2.42. The number of rotatable bonds is 2. The van der Waals surface area contributed by atoms with Gasteiger partial charge in [-0.25, -0.2) is 13.8 Å². The van der Waals surface area contributed by atoms with Crippen LogP contribution in [-0.4, -0.2) is 10.1 Å². The van der Waals surface area contributed by atoms with Crippen molar-refractivity contribution in [2.24, 2.45) is 0 Å². The molecule has 2 aromatic rings. The molecule has 0 saturated heterocycles. The molecule has 3 nitrogen and oxygen atoms in total. The van der Waals surface area contributed by atoms with Gasteiger partial charge in [-0.05, 0) is 24.3 Å². The average Bonchev–Trinajstić information content (AvgIpc) is 2.32. The molecule has 1 heterocycles. The number of hydrogen-bond donors (Lipinski definition) is 2. The van der Waals surface area contributed by atoms with Crippen molar-refractivity contribution in [3.63, 3.8) is 0 Å². The van der Waals surface area contributed by atoms with Crippen molar-refractivity contribution in [1.82, 2.24) is 4.98 Å². The van der Waals surface area contributed by atoms with Crippen LogP contribution in [0, 0.1) is 11.6 Å². The number of anilines is 1. The van der Waals surface area contributed by atoms with E-state index in [0.717, 1.165) is 18.2 Å². The zero-order valence-corrected chi connectivity index (χ0v) is 8.77. The van der Waals surface area contributed by atoms with Crippen LogP contribution in [0.3, 0.4) is 0 Å². The highest BCUT2D eigenvalue weighted by Crippen LogP contribution is 2.27. The van der Waals surface area contributed by atoms with Gasteiger partial charge in [-0.2, -0.15) is 0 Å². The van der Waals surface area contributed by atoms with E-state index in [9.17, 15) is 13.9 Å². The van der Waals surface area contributed by atoms with Gasteiger partial charge in [0.05, 0.1) is 0 Å². The Morgan fingerprint density at radius 3 is 2.65 bits per heavy atom. The molecule has 1 atom stereocenters. The van der Waals surface area contributed by atoms with Gasteiger partial charge in [-0.15, -0.1) is 0 Å². The molecule has 0 aliphatic rings. The van der Waals surface area contributed by atoms with E-state index in [1.54, 1.807) is 6.07 Å². The predicted molar refractivity (Wildman–Crippen MR) is 59.1 cm³/mol. The van der Waals surface area contributed by atoms with Crippen LogP contribution in [0.15, 0.2) is 36.5 Å². The van der Waals surface area contributed by atoms with Crippen molar-refractivity contribution >= 4 is 5.82 Å². The lowest BCUT2D eigenvalue weighted by molar-refractivity contribution is 0.214. The summed E-state index contributed by atoms with van der Waals surface area (Å²) in [6.45, 7) is 0. The summed E-state index contributed by atoms with van der Waals surface area (Å²) in [5.41, 5.74) is 5.64. The number of halogens is 2. The van der Waals surface area contributed by atoms with Gasteiger partial charge in [-0.1, -0.05) is 6.07 Å². The second kappa shape index (κ2) is 4.47. The summed E-state index contributed by atoms with van der Waals surface area (Å²) in [6, 6.07) is 5.95. The molecule has 0 bridgehead atoms. The highest BCUT2D eigenvalue weighted by Gasteiger charge is 2.18. The van der Waals surface area contributed by atoms with E-state index in [4.69, 9.17) is 5.73 Å². The van der Waals surface area contributed by atoms with Gasteiger partial charge < -0.3 is 10.8 Å². The third kappa shape index (κ3) is 2.24. The number of nitrogens with zero attached hydrogens (tertiary/aromatic N) is 1. The molecule has 5 heteroatoms. The normalized spacial score (nSPS) is 12.4. The highest BCUT2D eigenvalue weighted by molar-refractivity contribution is 5.44. The molecule has 0 spiro atoms. The first-order chi connectivity index (χ1) is 8.09. The predicted octanol–water partition coefficient (Wildman–Crippen LogP) is 2.02. The zero-order chi connectivity index (χ0) is 12.4. The summed E-state index contributed by atoms with van der Waals surface area (Å²) in [7, 11) is 0. The molecule has 17 heavy (non-hydrogen) atoms. The van der Waals surface area contributed by atoms with Crippen LogP contribution in [0.4, 0.5) is 14.6 Å². The molecule has 0 amide bonds. The van der Waals surface area contributed by atoms with Gasteiger partial charge in [-0.3, -0.25) is 0 Å². The van der Waals surface area contributed by atoms with Gasteiger partial charge in [0.15, 0.2) is 0 Å². The fraction of sp³-hybridized carbons (Fsp3) is 0.0833. The Labute approximate surface area is 96.5 Å². The molecule has 0 aliphatic heterocycles. The van der Waals surface area contributed by atoms with Crippen LogP contribution >= 0.6 is 0 Å². The fourth-order valence-corrected chi connectivity index (χ4v) is 1.55. The maximum Gasteiger partial charge on any atom is 0.129 e. The first-order valence-corrected chi connectivity index (χ1v) is 4.93. The Kier molecular flexibility index (Phi) is 3.01. The lowest BCUT2D eigenvalue weighted by atomic mass is 10.0. The van der Waals surface area contributed by atoms with Gasteiger partial charge in [0.25, 0.3) is 0 Å². The summed E-state index contributed by atoms with van der Waals surface area (Å²) in [4.78, 5) is 3.78. The van der Waals surface area contributed by atoms with E-state index < -0.39 is 17.7 Å². The molecule has 0 aliphatic carbocycles. The highest BCUT2D eigenvalue weighted by atomic mass is 19.1. The molecule has 0 fully saturated rings. The van der Waals surface area contributed by atoms with Gasteiger partial charge in [0, 0.05) is 17.3 Å². The second-order valence-electron chi connectivity index (χ2n) is 3.55. The Morgan fingerprint density at radius 2 is 1.94 bits per heavy atom. The molecule has 1 aromatic carbocycles. The van der Waals surface area contributed by atoms with E-state index in [1.807, 2.05) is 0 Å². The molecule has 1 unspecified atom stereocenters. The van der Waals surface area contributed by atoms with Gasteiger partial charge in [0.2, 0.25) is 0 Å². The van der Waals surface area contributed by atoms with Crippen LogP contribution in [0.5, 0.6) is 0 Å². The number of aliphatic hydroxyl groups excluding tert-OH is 1. The van der Waals surface area contributed by atoms with Crippen LogP contribution in [-0.2, 0) is 0 Å². The van der Waals surface area contributed by atoms with Gasteiger partial charge in [0.1, 0.15) is 23.6 Å². The number of pyridine rings is 1. The van der Waals surface area contributed by atoms with E-state index >= 15 is 0 Å². The summed E-state index contributed by atoms with van der Waals surface area (Å²) >= 11 is 0. The fourth-order valence-electron chi connectivity index (χ4n) is 1.55. The summed E-state index contributed by atoms with van der Waals surface area (Å²) < 4.78 is 26.4. The molecule has 0 saturated carbocycles. The van der Waals surface area contributed by atoms with Crippen LogP contribution in [0.1, 0.15) is 17.2 Å². The Bertz CT molecular complexity index is 546. The van der Waals surface area contributed by atoms with Crippen molar-refractivity contribution in [2.45, 2.75) is 6.10 Å². The smallest absolute Gasteiger partial charge is 0.129 e. The minimum absolute atomic E-state index is 0.0867.